The molecule has 4 heteroatoms. The zero-order valence-electron chi connectivity index (χ0n) is 11.2. The van der Waals surface area contributed by atoms with Gasteiger partial charge in [0.1, 0.15) is 6.04 Å². The van der Waals surface area contributed by atoms with Crippen LogP contribution in [0, 0.1) is 5.92 Å². The van der Waals surface area contributed by atoms with Gasteiger partial charge in [-0.3, -0.25) is 9.59 Å². The highest BCUT2D eigenvalue weighted by molar-refractivity contribution is 5.87. The van der Waals surface area contributed by atoms with E-state index in [1.165, 1.54) is 6.42 Å². The van der Waals surface area contributed by atoms with Gasteiger partial charge < -0.3 is 10.2 Å². The van der Waals surface area contributed by atoms with Crippen LogP contribution in [0.4, 0.5) is 0 Å². The van der Waals surface area contributed by atoms with Crippen LogP contribution in [-0.4, -0.2) is 35.8 Å². The van der Waals surface area contributed by atoms with Crippen LogP contribution in [0.3, 0.4) is 0 Å². The number of nitrogens with one attached hydrogen (secondary N) is 1. The molecule has 0 aromatic heterocycles. The van der Waals surface area contributed by atoms with Gasteiger partial charge in [-0.1, -0.05) is 13.8 Å². The third-order valence-corrected chi connectivity index (χ3v) is 3.01. The predicted octanol–water partition coefficient (Wildman–Crippen LogP) is 1.55. The molecule has 0 saturated carbocycles. The third-order valence-electron chi connectivity index (χ3n) is 3.01. The summed E-state index contributed by atoms with van der Waals surface area (Å²) in [6.07, 6.45) is 3.85. The Bertz CT molecular complexity index is 271. The third kappa shape index (κ3) is 4.75. The maximum Gasteiger partial charge on any atom is 0.244 e. The van der Waals surface area contributed by atoms with Crippen molar-refractivity contribution in [3.8, 4) is 0 Å². The van der Waals surface area contributed by atoms with Crippen LogP contribution in [0.15, 0.2) is 0 Å². The molecule has 98 valence electrons. The van der Waals surface area contributed by atoms with Crippen molar-refractivity contribution in [2.24, 2.45) is 5.92 Å². The summed E-state index contributed by atoms with van der Waals surface area (Å²) in [5.74, 6) is 0.354. The van der Waals surface area contributed by atoms with E-state index in [0.29, 0.717) is 12.3 Å². The lowest BCUT2D eigenvalue weighted by Gasteiger charge is -2.29. The summed E-state index contributed by atoms with van der Waals surface area (Å²) >= 11 is 0. The van der Waals surface area contributed by atoms with Gasteiger partial charge >= 0.3 is 0 Å². The average Bonchev–Trinajstić information content (AvgIpc) is 2.28. The summed E-state index contributed by atoms with van der Waals surface area (Å²) in [6, 6.07) is -0.389. The van der Waals surface area contributed by atoms with Crippen molar-refractivity contribution in [1.29, 1.82) is 0 Å². The summed E-state index contributed by atoms with van der Waals surface area (Å²) in [6.45, 7) is 7.44. The lowest BCUT2D eigenvalue weighted by atomic mass is 10.1. The molecule has 4 nitrogen and oxygen atoms in total. The van der Waals surface area contributed by atoms with E-state index < -0.39 is 0 Å². The Morgan fingerprint density at radius 1 is 1.12 bits per heavy atom. The van der Waals surface area contributed by atoms with Crippen molar-refractivity contribution in [2.45, 2.75) is 52.5 Å². The maximum atomic E-state index is 12.0. The largest absolute Gasteiger partial charge is 0.345 e. The molecule has 1 rings (SSSR count). The van der Waals surface area contributed by atoms with Gasteiger partial charge in [-0.25, -0.2) is 0 Å². The van der Waals surface area contributed by atoms with E-state index in [1.807, 2.05) is 18.7 Å². The molecular formula is C13H24N2O2. The monoisotopic (exact) mass is 240 g/mol. The molecule has 0 aliphatic carbocycles. The van der Waals surface area contributed by atoms with Crippen molar-refractivity contribution >= 4 is 11.8 Å². The normalized spacial score (nSPS) is 18.0. The first-order chi connectivity index (χ1) is 8.00. The van der Waals surface area contributed by atoms with Crippen LogP contribution in [0.2, 0.25) is 0 Å². The summed E-state index contributed by atoms with van der Waals surface area (Å²) < 4.78 is 0. The van der Waals surface area contributed by atoms with E-state index in [-0.39, 0.29) is 17.9 Å². The minimum atomic E-state index is -0.389. The quantitative estimate of drug-likeness (QED) is 0.810. The molecule has 1 atom stereocenters. The Hall–Kier alpha value is -1.06. The highest BCUT2D eigenvalue weighted by atomic mass is 16.2. The molecule has 2 amide bonds. The predicted molar refractivity (Wildman–Crippen MR) is 67.5 cm³/mol. The second kappa shape index (κ2) is 6.62. The zero-order valence-corrected chi connectivity index (χ0v) is 11.2. The van der Waals surface area contributed by atoms with Crippen LogP contribution in [0.5, 0.6) is 0 Å². The summed E-state index contributed by atoms with van der Waals surface area (Å²) in [5, 5.41) is 2.78. The molecule has 0 radical (unpaired) electrons. The fourth-order valence-electron chi connectivity index (χ4n) is 2.12. The highest BCUT2D eigenvalue weighted by Crippen LogP contribution is 2.10. The van der Waals surface area contributed by atoms with Crippen LogP contribution < -0.4 is 5.32 Å². The van der Waals surface area contributed by atoms with Gasteiger partial charge in [-0.05, 0) is 32.1 Å². The van der Waals surface area contributed by atoms with Crippen LogP contribution in [-0.2, 0) is 9.59 Å². The van der Waals surface area contributed by atoms with Gasteiger partial charge in [0.25, 0.3) is 0 Å². The average molecular weight is 240 g/mol. The molecule has 1 N–H and O–H groups in total. The smallest absolute Gasteiger partial charge is 0.244 e. The second-order valence-electron chi connectivity index (χ2n) is 5.27. The van der Waals surface area contributed by atoms with E-state index in [2.05, 4.69) is 5.32 Å². The number of amides is 2. The molecule has 1 aliphatic rings. The van der Waals surface area contributed by atoms with Crippen molar-refractivity contribution in [3.63, 3.8) is 0 Å². The van der Waals surface area contributed by atoms with E-state index >= 15 is 0 Å². The molecule has 0 aromatic carbocycles. The number of piperidine rings is 1. The topological polar surface area (TPSA) is 49.4 Å². The zero-order chi connectivity index (χ0) is 12.8. The van der Waals surface area contributed by atoms with Crippen LogP contribution in [0.1, 0.15) is 46.5 Å². The van der Waals surface area contributed by atoms with E-state index in [0.717, 1.165) is 25.9 Å². The second-order valence-corrected chi connectivity index (χ2v) is 5.27. The maximum absolute atomic E-state index is 12.0. The molecule has 0 bridgehead atoms. The first-order valence-electron chi connectivity index (χ1n) is 6.59. The van der Waals surface area contributed by atoms with Crippen molar-refractivity contribution in [3.05, 3.63) is 0 Å². The molecule has 1 heterocycles. The standard InChI is InChI=1S/C13H24N2O2/c1-10(2)9-12(16)14-11(3)13(17)15-7-5-4-6-8-15/h10-11H,4-9H2,1-3H3,(H,14,16). The number of nitrogens with zero attached hydrogens (tertiary/aromatic N) is 1. The Morgan fingerprint density at radius 2 is 1.71 bits per heavy atom. The van der Waals surface area contributed by atoms with E-state index in [4.69, 9.17) is 0 Å². The van der Waals surface area contributed by atoms with Gasteiger partial charge in [0.15, 0.2) is 0 Å². The Balaban J connectivity index is 2.37. The van der Waals surface area contributed by atoms with Gasteiger partial charge in [0.05, 0.1) is 0 Å². The van der Waals surface area contributed by atoms with Crippen molar-refractivity contribution in [2.75, 3.05) is 13.1 Å². The number of rotatable bonds is 4. The Morgan fingerprint density at radius 3 is 2.24 bits per heavy atom. The first kappa shape index (κ1) is 14.0. The van der Waals surface area contributed by atoms with Crippen LogP contribution >= 0.6 is 0 Å². The number of hydrogen-bond acceptors (Lipinski definition) is 2. The summed E-state index contributed by atoms with van der Waals surface area (Å²) in [7, 11) is 0. The Kier molecular flexibility index (Phi) is 5.45. The van der Waals surface area contributed by atoms with E-state index in [1.54, 1.807) is 6.92 Å². The molecule has 1 unspecified atom stereocenters. The number of likely N-dealkylation sites (tertiary alicyclic amines) is 1. The fraction of sp³-hybridized carbons (Fsp3) is 0.846. The first-order valence-corrected chi connectivity index (χ1v) is 6.59. The Labute approximate surface area is 104 Å². The molecule has 0 spiro atoms. The molecule has 0 aromatic rings. The van der Waals surface area contributed by atoms with Gasteiger partial charge in [0, 0.05) is 19.5 Å². The molecule has 1 fully saturated rings. The fourth-order valence-corrected chi connectivity index (χ4v) is 2.12. The number of hydrogen-bond donors (Lipinski definition) is 1. The molecule has 1 aliphatic heterocycles. The van der Waals surface area contributed by atoms with Crippen molar-refractivity contribution < 1.29 is 9.59 Å². The minimum absolute atomic E-state index is 0.0298. The lowest BCUT2D eigenvalue weighted by molar-refractivity contribution is -0.136. The highest BCUT2D eigenvalue weighted by Gasteiger charge is 2.23. The summed E-state index contributed by atoms with van der Waals surface area (Å²) in [5.41, 5.74) is 0. The van der Waals surface area contributed by atoms with Gasteiger partial charge in [-0.2, -0.15) is 0 Å². The molecule has 1 saturated heterocycles. The van der Waals surface area contributed by atoms with Crippen molar-refractivity contribution in [1.82, 2.24) is 10.2 Å². The SMILES string of the molecule is CC(C)CC(=O)NC(C)C(=O)N1CCCCC1. The van der Waals surface area contributed by atoms with Gasteiger partial charge in [-0.15, -0.1) is 0 Å². The summed E-state index contributed by atoms with van der Waals surface area (Å²) in [4.78, 5) is 25.5. The minimum Gasteiger partial charge on any atom is -0.345 e. The lowest BCUT2D eigenvalue weighted by Crippen LogP contribution is -2.48. The molecule has 17 heavy (non-hydrogen) atoms. The molecular weight excluding hydrogens is 216 g/mol. The van der Waals surface area contributed by atoms with Crippen LogP contribution in [0.25, 0.3) is 0 Å². The number of carbonyl (C=O) groups is 2. The van der Waals surface area contributed by atoms with E-state index in [9.17, 15) is 9.59 Å². The van der Waals surface area contributed by atoms with Gasteiger partial charge in [0.2, 0.25) is 11.8 Å². The number of carbonyl (C=O) groups excluding carboxylic acids is 2.